The first-order valence-corrected chi connectivity index (χ1v) is 8.94. The van der Waals surface area contributed by atoms with Gasteiger partial charge in [-0.25, -0.2) is 0 Å². The number of furan rings is 1. The molecule has 3 aromatic rings. The topological polar surface area (TPSA) is 79.5 Å². The minimum atomic E-state index is -0.261. The molecule has 1 aliphatic carbocycles. The van der Waals surface area contributed by atoms with Gasteiger partial charge in [-0.1, -0.05) is 18.2 Å². The van der Waals surface area contributed by atoms with Gasteiger partial charge in [0.05, 0.1) is 11.4 Å². The largest absolute Gasteiger partial charge is 0.455 e. The molecule has 2 N–H and O–H groups in total. The molecule has 2 aromatic heterocycles. The maximum absolute atomic E-state index is 12.7. The number of para-hydroxylation sites is 1. The maximum Gasteiger partial charge on any atom is 0.291 e. The number of benzene rings is 1. The van der Waals surface area contributed by atoms with Crippen LogP contribution in [-0.2, 0) is 6.42 Å². The third kappa shape index (κ3) is 3.60. The Bertz CT molecular complexity index is 978. The fraction of sp³-hybridized carbons (Fsp3) is 0.190. The second kappa shape index (κ2) is 7.45. The molecule has 6 heteroatoms. The molecule has 0 atom stereocenters. The fourth-order valence-electron chi connectivity index (χ4n) is 3.26. The SMILES string of the molecule is Cc1c(C(=O)Nc2ccncc2)oc2c1/C(=N/Nc1ccccc1)CCC2. The number of anilines is 2. The van der Waals surface area contributed by atoms with Gasteiger partial charge in [0.1, 0.15) is 5.76 Å². The van der Waals surface area contributed by atoms with Gasteiger partial charge in [-0.2, -0.15) is 5.10 Å². The van der Waals surface area contributed by atoms with E-state index in [2.05, 4.69) is 20.8 Å². The van der Waals surface area contributed by atoms with Crippen molar-refractivity contribution in [2.75, 3.05) is 10.7 Å². The molecule has 0 aliphatic heterocycles. The predicted molar refractivity (Wildman–Crippen MR) is 105 cm³/mol. The lowest BCUT2D eigenvalue weighted by molar-refractivity contribution is 0.0994. The van der Waals surface area contributed by atoms with Crippen LogP contribution in [0.1, 0.15) is 40.3 Å². The van der Waals surface area contributed by atoms with Gasteiger partial charge < -0.3 is 9.73 Å². The van der Waals surface area contributed by atoms with Gasteiger partial charge in [0, 0.05) is 35.6 Å². The number of fused-ring (bicyclic) bond motifs is 1. The standard InChI is InChI=1S/C21H20N4O2/c1-14-19-17(25-24-16-6-3-2-4-7-16)8-5-9-18(19)27-20(14)21(26)23-15-10-12-22-13-11-15/h2-4,6-7,10-13,24H,5,8-9H2,1H3,(H,22,23,26)/b25-17+. The van der Waals surface area contributed by atoms with Gasteiger partial charge >= 0.3 is 0 Å². The molecule has 6 nitrogen and oxygen atoms in total. The highest BCUT2D eigenvalue weighted by atomic mass is 16.4. The van der Waals surface area contributed by atoms with Gasteiger partial charge in [0.2, 0.25) is 0 Å². The summed E-state index contributed by atoms with van der Waals surface area (Å²) in [5.41, 5.74) is 7.40. The van der Waals surface area contributed by atoms with Crippen LogP contribution in [0.3, 0.4) is 0 Å². The summed E-state index contributed by atoms with van der Waals surface area (Å²) in [6.07, 6.45) is 5.87. The summed E-state index contributed by atoms with van der Waals surface area (Å²) in [6, 6.07) is 13.3. The first kappa shape index (κ1) is 17.0. The Morgan fingerprint density at radius 2 is 1.85 bits per heavy atom. The van der Waals surface area contributed by atoms with Crippen LogP contribution in [0.5, 0.6) is 0 Å². The average molecular weight is 360 g/mol. The minimum Gasteiger partial charge on any atom is -0.455 e. The summed E-state index contributed by atoms with van der Waals surface area (Å²) >= 11 is 0. The van der Waals surface area contributed by atoms with Crippen LogP contribution >= 0.6 is 0 Å². The van der Waals surface area contributed by atoms with Crippen molar-refractivity contribution in [3.05, 3.63) is 77.5 Å². The van der Waals surface area contributed by atoms with E-state index in [1.165, 1.54) is 0 Å². The van der Waals surface area contributed by atoms with Gasteiger partial charge in [0.25, 0.3) is 5.91 Å². The van der Waals surface area contributed by atoms with Crippen molar-refractivity contribution in [3.8, 4) is 0 Å². The van der Waals surface area contributed by atoms with Crippen molar-refractivity contribution in [2.45, 2.75) is 26.2 Å². The van der Waals surface area contributed by atoms with Crippen molar-refractivity contribution in [2.24, 2.45) is 5.10 Å². The van der Waals surface area contributed by atoms with Gasteiger partial charge in [-0.3, -0.25) is 15.2 Å². The van der Waals surface area contributed by atoms with Crippen LogP contribution in [0.25, 0.3) is 0 Å². The molecule has 0 saturated heterocycles. The summed E-state index contributed by atoms with van der Waals surface area (Å²) < 4.78 is 5.92. The molecule has 0 bridgehead atoms. The molecule has 0 saturated carbocycles. The van der Waals surface area contributed by atoms with E-state index in [-0.39, 0.29) is 5.91 Å². The zero-order chi connectivity index (χ0) is 18.6. The first-order chi connectivity index (χ1) is 13.2. The third-order valence-corrected chi connectivity index (χ3v) is 4.56. The van der Waals surface area contributed by atoms with Crippen molar-refractivity contribution < 1.29 is 9.21 Å². The number of amides is 1. The van der Waals surface area contributed by atoms with Gasteiger partial charge in [0.15, 0.2) is 5.76 Å². The molecular weight excluding hydrogens is 340 g/mol. The minimum absolute atomic E-state index is 0.261. The Balaban J connectivity index is 1.61. The van der Waals surface area contributed by atoms with Crippen LogP contribution in [0, 0.1) is 6.92 Å². The lowest BCUT2D eigenvalue weighted by atomic mass is 9.93. The average Bonchev–Trinajstić information content (AvgIpc) is 3.05. The normalized spacial score (nSPS) is 14.6. The van der Waals surface area contributed by atoms with E-state index in [1.54, 1.807) is 24.5 Å². The predicted octanol–water partition coefficient (Wildman–Crippen LogP) is 4.39. The molecule has 27 heavy (non-hydrogen) atoms. The monoisotopic (exact) mass is 360 g/mol. The summed E-state index contributed by atoms with van der Waals surface area (Å²) in [5.74, 6) is 0.904. The van der Waals surface area contributed by atoms with Crippen molar-refractivity contribution in [1.29, 1.82) is 0 Å². The molecular formula is C21H20N4O2. The van der Waals surface area contributed by atoms with Crippen molar-refractivity contribution >= 4 is 23.0 Å². The lowest BCUT2D eigenvalue weighted by Gasteiger charge is -2.13. The second-order valence-electron chi connectivity index (χ2n) is 6.43. The van der Waals surface area contributed by atoms with E-state index in [1.807, 2.05) is 37.3 Å². The molecule has 1 aliphatic rings. The lowest BCUT2D eigenvalue weighted by Crippen LogP contribution is -2.14. The number of nitrogens with one attached hydrogen (secondary N) is 2. The fourth-order valence-corrected chi connectivity index (χ4v) is 3.26. The number of carbonyl (C=O) groups excluding carboxylic acids is 1. The highest BCUT2D eigenvalue weighted by Crippen LogP contribution is 2.30. The maximum atomic E-state index is 12.7. The quantitative estimate of drug-likeness (QED) is 0.676. The summed E-state index contributed by atoms with van der Waals surface area (Å²) in [6.45, 7) is 1.91. The zero-order valence-corrected chi connectivity index (χ0v) is 15.0. The second-order valence-corrected chi connectivity index (χ2v) is 6.43. The number of hydrogen-bond acceptors (Lipinski definition) is 5. The highest BCUT2D eigenvalue weighted by Gasteiger charge is 2.28. The number of carbonyl (C=O) groups is 1. The summed E-state index contributed by atoms with van der Waals surface area (Å²) in [4.78, 5) is 16.6. The van der Waals surface area contributed by atoms with Gasteiger partial charge in [-0.15, -0.1) is 0 Å². The number of rotatable bonds is 4. The number of hydrogen-bond donors (Lipinski definition) is 2. The molecule has 0 spiro atoms. The number of pyridine rings is 1. The Hall–Kier alpha value is -3.41. The number of aromatic nitrogens is 1. The zero-order valence-electron chi connectivity index (χ0n) is 15.0. The molecule has 0 fully saturated rings. The van der Waals surface area contributed by atoms with E-state index in [0.717, 1.165) is 47.5 Å². The van der Waals surface area contributed by atoms with Crippen LogP contribution in [0.2, 0.25) is 0 Å². The van der Waals surface area contributed by atoms with Crippen LogP contribution in [-0.4, -0.2) is 16.6 Å². The van der Waals surface area contributed by atoms with E-state index < -0.39 is 0 Å². The molecule has 0 radical (unpaired) electrons. The van der Waals surface area contributed by atoms with Crippen molar-refractivity contribution in [3.63, 3.8) is 0 Å². The van der Waals surface area contributed by atoms with E-state index in [0.29, 0.717) is 11.4 Å². The number of hydrazone groups is 1. The van der Waals surface area contributed by atoms with Crippen LogP contribution < -0.4 is 10.7 Å². The Kier molecular flexibility index (Phi) is 4.70. The van der Waals surface area contributed by atoms with E-state index in [4.69, 9.17) is 4.42 Å². The Morgan fingerprint density at radius 3 is 2.63 bits per heavy atom. The molecule has 1 amide bonds. The molecule has 4 rings (SSSR count). The van der Waals surface area contributed by atoms with Crippen molar-refractivity contribution in [1.82, 2.24) is 4.98 Å². The molecule has 0 unspecified atom stereocenters. The van der Waals surface area contributed by atoms with E-state index >= 15 is 0 Å². The molecule has 1 aromatic carbocycles. The number of nitrogens with zero attached hydrogens (tertiary/aromatic N) is 2. The smallest absolute Gasteiger partial charge is 0.291 e. The molecule has 136 valence electrons. The summed E-state index contributed by atoms with van der Waals surface area (Å²) in [7, 11) is 0. The third-order valence-electron chi connectivity index (χ3n) is 4.56. The van der Waals surface area contributed by atoms with Gasteiger partial charge in [-0.05, 0) is 44.0 Å². The summed E-state index contributed by atoms with van der Waals surface area (Å²) in [5, 5.41) is 7.43. The molecule has 2 heterocycles. The number of aryl methyl sites for hydroxylation is 1. The Morgan fingerprint density at radius 1 is 1.07 bits per heavy atom. The Labute approximate surface area is 157 Å². The first-order valence-electron chi connectivity index (χ1n) is 8.94. The highest BCUT2D eigenvalue weighted by molar-refractivity contribution is 6.09. The van der Waals surface area contributed by atoms with E-state index in [9.17, 15) is 4.79 Å². The van der Waals surface area contributed by atoms with Crippen LogP contribution in [0.4, 0.5) is 11.4 Å². The van der Waals surface area contributed by atoms with Crippen LogP contribution in [0.15, 0.2) is 64.4 Å².